The first-order valence-corrected chi connectivity index (χ1v) is 9.51. The van der Waals surface area contributed by atoms with E-state index in [2.05, 4.69) is 0 Å². The maximum atomic E-state index is 13.5. The van der Waals surface area contributed by atoms with Gasteiger partial charge in [-0.3, -0.25) is 19.3 Å². The summed E-state index contributed by atoms with van der Waals surface area (Å²) in [6.45, 7) is 4.54. The third-order valence-corrected chi connectivity index (χ3v) is 5.38. The molecule has 3 amide bonds. The van der Waals surface area contributed by atoms with Gasteiger partial charge in [0.05, 0.1) is 12.5 Å². The Balaban J connectivity index is 2.47. The molecule has 0 aromatic heterocycles. The normalized spacial score (nSPS) is 19.4. The van der Waals surface area contributed by atoms with Gasteiger partial charge < -0.3 is 14.4 Å². The predicted octanol–water partition coefficient (Wildman–Crippen LogP) is 1.99. The molecule has 0 bridgehead atoms. The van der Waals surface area contributed by atoms with E-state index in [0.29, 0.717) is 24.3 Å². The number of hydrogen-bond donors (Lipinski definition) is 0. The van der Waals surface area contributed by atoms with Gasteiger partial charge in [-0.2, -0.15) is 0 Å². The van der Waals surface area contributed by atoms with Gasteiger partial charge in [0, 0.05) is 51.8 Å². The summed E-state index contributed by atoms with van der Waals surface area (Å²) in [5.74, 6) is -0.293. The van der Waals surface area contributed by atoms with Crippen LogP contribution in [0.5, 0.6) is 5.75 Å². The fourth-order valence-electron chi connectivity index (χ4n) is 3.55. The Labute approximate surface area is 166 Å². The van der Waals surface area contributed by atoms with Crippen LogP contribution >= 0.6 is 0 Å². The molecule has 7 heteroatoms. The Morgan fingerprint density at radius 1 is 1.25 bits per heavy atom. The van der Waals surface area contributed by atoms with E-state index in [0.717, 1.165) is 0 Å². The van der Waals surface area contributed by atoms with Crippen LogP contribution in [0.2, 0.25) is 0 Å². The molecular formula is C21H30N2O5. The second-order valence-electron chi connectivity index (χ2n) is 7.43. The van der Waals surface area contributed by atoms with Gasteiger partial charge in [-0.25, -0.2) is 0 Å². The van der Waals surface area contributed by atoms with E-state index in [-0.39, 0.29) is 43.1 Å². The molecule has 0 saturated carbocycles. The Bertz CT molecular complexity index is 733. The number of nitrogens with zero attached hydrogens (tertiary/aromatic N) is 2. The highest BCUT2D eigenvalue weighted by atomic mass is 16.5. The minimum Gasteiger partial charge on any atom is -0.496 e. The second-order valence-corrected chi connectivity index (χ2v) is 7.43. The van der Waals surface area contributed by atoms with Crippen molar-refractivity contribution in [3.63, 3.8) is 0 Å². The molecule has 0 aliphatic carbocycles. The van der Waals surface area contributed by atoms with Gasteiger partial charge in [0.15, 0.2) is 0 Å². The number of methoxy groups -OCH3 is 2. The van der Waals surface area contributed by atoms with Crippen LogP contribution in [-0.4, -0.2) is 68.0 Å². The summed E-state index contributed by atoms with van der Waals surface area (Å²) >= 11 is 0. The second kappa shape index (κ2) is 9.19. The molecule has 1 aliphatic heterocycles. The predicted molar refractivity (Wildman–Crippen MR) is 105 cm³/mol. The Morgan fingerprint density at radius 2 is 1.93 bits per heavy atom. The molecule has 7 nitrogen and oxygen atoms in total. The van der Waals surface area contributed by atoms with Crippen LogP contribution in [0.1, 0.15) is 38.7 Å². The van der Waals surface area contributed by atoms with Crippen molar-refractivity contribution in [1.82, 2.24) is 9.80 Å². The summed E-state index contributed by atoms with van der Waals surface area (Å²) < 4.78 is 10.5. The van der Waals surface area contributed by atoms with E-state index in [4.69, 9.17) is 9.47 Å². The Morgan fingerprint density at radius 3 is 2.54 bits per heavy atom. The van der Waals surface area contributed by atoms with Gasteiger partial charge in [-0.05, 0) is 26.3 Å². The van der Waals surface area contributed by atoms with E-state index < -0.39 is 5.41 Å². The lowest BCUT2D eigenvalue weighted by atomic mass is 9.75. The van der Waals surface area contributed by atoms with E-state index in [9.17, 15) is 14.4 Å². The molecule has 0 N–H and O–H groups in total. The minimum atomic E-state index is -1.25. The average molecular weight is 390 g/mol. The summed E-state index contributed by atoms with van der Waals surface area (Å²) in [7, 11) is 4.81. The highest BCUT2D eigenvalue weighted by molar-refractivity contribution is 6.11. The molecule has 1 saturated heterocycles. The highest BCUT2D eigenvalue weighted by Gasteiger charge is 2.55. The number of hydrogen-bond acceptors (Lipinski definition) is 5. The molecule has 0 radical (unpaired) electrons. The maximum absolute atomic E-state index is 13.5. The van der Waals surface area contributed by atoms with Gasteiger partial charge in [-0.15, -0.1) is 0 Å². The lowest BCUT2D eigenvalue weighted by Gasteiger charge is -2.31. The Kier molecular flexibility index (Phi) is 7.18. The fourth-order valence-corrected chi connectivity index (χ4v) is 3.55. The van der Waals surface area contributed by atoms with Crippen molar-refractivity contribution < 1.29 is 23.9 Å². The standard InChI is InChI=1S/C21H30N2O5/c1-15(2)22(3)18(24)13-21(16-9-6-7-10-17(16)28-5)14-19(25)23(20(21)26)11-8-12-27-4/h6-7,9-10,15H,8,11-14H2,1-5H3. The van der Waals surface area contributed by atoms with Crippen LogP contribution in [0.25, 0.3) is 0 Å². The summed E-state index contributed by atoms with van der Waals surface area (Å²) in [6, 6.07) is 7.11. The fraction of sp³-hybridized carbons (Fsp3) is 0.571. The first-order chi connectivity index (χ1) is 13.3. The number of rotatable bonds is 9. The van der Waals surface area contributed by atoms with Crippen molar-refractivity contribution in [2.45, 2.75) is 44.6 Å². The zero-order valence-corrected chi connectivity index (χ0v) is 17.4. The number of benzene rings is 1. The summed E-state index contributed by atoms with van der Waals surface area (Å²) in [4.78, 5) is 42.0. The number of ether oxygens (including phenoxy) is 2. The summed E-state index contributed by atoms with van der Waals surface area (Å²) in [5.41, 5.74) is -0.674. The van der Waals surface area contributed by atoms with Crippen LogP contribution in [0.4, 0.5) is 0 Å². The lowest BCUT2D eigenvalue weighted by Crippen LogP contribution is -2.44. The zero-order valence-electron chi connectivity index (χ0n) is 17.4. The van der Waals surface area contributed by atoms with Crippen LogP contribution in [0.3, 0.4) is 0 Å². The molecule has 28 heavy (non-hydrogen) atoms. The molecule has 1 aromatic carbocycles. The molecule has 1 atom stereocenters. The number of carbonyl (C=O) groups is 3. The van der Waals surface area contributed by atoms with Crippen LogP contribution in [0.15, 0.2) is 24.3 Å². The molecule has 1 unspecified atom stereocenters. The quantitative estimate of drug-likeness (QED) is 0.476. The number of likely N-dealkylation sites (tertiary alicyclic amines) is 1. The highest BCUT2D eigenvalue weighted by Crippen LogP contribution is 2.44. The van der Waals surface area contributed by atoms with Crippen molar-refractivity contribution >= 4 is 17.7 Å². The topological polar surface area (TPSA) is 76.2 Å². The third-order valence-electron chi connectivity index (χ3n) is 5.38. The summed E-state index contributed by atoms with van der Waals surface area (Å²) in [5, 5.41) is 0. The van der Waals surface area contributed by atoms with Crippen molar-refractivity contribution in [3.8, 4) is 5.75 Å². The van der Waals surface area contributed by atoms with E-state index >= 15 is 0 Å². The monoisotopic (exact) mass is 390 g/mol. The molecule has 0 spiro atoms. The molecule has 154 valence electrons. The van der Waals surface area contributed by atoms with Crippen LogP contribution in [-0.2, 0) is 24.5 Å². The largest absolute Gasteiger partial charge is 0.496 e. The van der Waals surface area contributed by atoms with E-state index in [1.54, 1.807) is 43.3 Å². The van der Waals surface area contributed by atoms with Crippen molar-refractivity contribution in [2.24, 2.45) is 0 Å². The number of imide groups is 1. The SMILES string of the molecule is COCCCN1C(=O)CC(CC(=O)N(C)C(C)C)(c2ccccc2OC)C1=O. The maximum Gasteiger partial charge on any atom is 0.241 e. The molecule has 1 fully saturated rings. The van der Waals surface area contributed by atoms with Gasteiger partial charge >= 0.3 is 0 Å². The van der Waals surface area contributed by atoms with Crippen molar-refractivity contribution in [3.05, 3.63) is 29.8 Å². The van der Waals surface area contributed by atoms with Gasteiger partial charge in [0.2, 0.25) is 17.7 Å². The minimum absolute atomic E-state index is 0.00719. The van der Waals surface area contributed by atoms with Crippen LogP contribution < -0.4 is 4.74 Å². The average Bonchev–Trinajstić information content (AvgIpc) is 2.92. The van der Waals surface area contributed by atoms with Gasteiger partial charge in [-0.1, -0.05) is 18.2 Å². The van der Waals surface area contributed by atoms with Crippen LogP contribution in [0, 0.1) is 0 Å². The summed E-state index contributed by atoms with van der Waals surface area (Å²) in [6.07, 6.45) is 0.431. The van der Waals surface area contributed by atoms with Crippen molar-refractivity contribution in [1.29, 1.82) is 0 Å². The van der Waals surface area contributed by atoms with E-state index in [1.807, 2.05) is 13.8 Å². The molecule has 1 heterocycles. The number of para-hydroxylation sites is 1. The molecule has 1 aromatic rings. The zero-order chi connectivity index (χ0) is 20.9. The van der Waals surface area contributed by atoms with E-state index in [1.165, 1.54) is 12.0 Å². The first-order valence-electron chi connectivity index (χ1n) is 9.51. The third kappa shape index (κ3) is 4.19. The lowest BCUT2D eigenvalue weighted by molar-refractivity contribution is -0.143. The smallest absolute Gasteiger partial charge is 0.241 e. The number of carbonyl (C=O) groups excluding carboxylic acids is 3. The molecule has 1 aliphatic rings. The molecular weight excluding hydrogens is 360 g/mol. The van der Waals surface area contributed by atoms with Gasteiger partial charge in [0.1, 0.15) is 5.75 Å². The van der Waals surface area contributed by atoms with Crippen molar-refractivity contribution in [2.75, 3.05) is 34.4 Å². The number of amides is 3. The molecule has 2 rings (SSSR count). The Hall–Kier alpha value is -2.41. The first kappa shape index (κ1) is 21.9. The van der Waals surface area contributed by atoms with Gasteiger partial charge in [0.25, 0.3) is 0 Å².